The van der Waals surface area contributed by atoms with Crippen molar-refractivity contribution in [2.75, 3.05) is 0 Å². The van der Waals surface area contributed by atoms with Gasteiger partial charge < -0.3 is 4.98 Å². The Labute approximate surface area is 85.2 Å². The van der Waals surface area contributed by atoms with E-state index in [9.17, 15) is 0 Å². The third kappa shape index (κ3) is 1.77. The standard InChI is InChI=1S/C8H7Cl2N3/c9-5-1-2-6-7(3-5)13-8(12-6)4-11-10/h1-3,11H,4H2,(H,12,13). The third-order valence-electron chi connectivity index (χ3n) is 1.73. The second kappa shape index (κ2) is 3.54. The Kier molecular flexibility index (Phi) is 2.40. The molecular weight excluding hydrogens is 209 g/mol. The maximum absolute atomic E-state index is 5.81. The number of hydrogen-bond acceptors (Lipinski definition) is 2. The molecule has 0 aliphatic heterocycles. The molecule has 0 fully saturated rings. The lowest BCUT2D eigenvalue weighted by Crippen LogP contribution is -1.99. The van der Waals surface area contributed by atoms with Crippen molar-refractivity contribution >= 4 is 34.4 Å². The third-order valence-corrected chi connectivity index (χ3v) is 2.10. The fourth-order valence-electron chi connectivity index (χ4n) is 1.18. The van der Waals surface area contributed by atoms with Gasteiger partial charge in [-0.25, -0.2) is 9.82 Å². The largest absolute Gasteiger partial charge is 0.341 e. The summed E-state index contributed by atoms with van der Waals surface area (Å²) in [5.74, 6) is 0.798. The van der Waals surface area contributed by atoms with Crippen molar-refractivity contribution in [1.82, 2.24) is 14.8 Å². The van der Waals surface area contributed by atoms with Crippen molar-refractivity contribution in [2.45, 2.75) is 6.54 Å². The molecule has 68 valence electrons. The fourth-order valence-corrected chi connectivity index (χ4v) is 1.47. The molecule has 0 atom stereocenters. The molecule has 2 rings (SSSR count). The molecular formula is C8H7Cl2N3. The summed E-state index contributed by atoms with van der Waals surface area (Å²) in [6.07, 6.45) is 0. The number of nitrogens with zero attached hydrogens (tertiary/aromatic N) is 1. The van der Waals surface area contributed by atoms with Crippen molar-refractivity contribution < 1.29 is 0 Å². The lowest BCUT2D eigenvalue weighted by molar-refractivity contribution is 0.886. The van der Waals surface area contributed by atoms with Crippen LogP contribution in [-0.4, -0.2) is 9.97 Å². The van der Waals surface area contributed by atoms with E-state index < -0.39 is 0 Å². The molecule has 0 radical (unpaired) electrons. The summed E-state index contributed by atoms with van der Waals surface area (Å²) in [5.41, 5.74) is 1.82. The Balaban J connectivity index is 2.49. The van der Waals surface area contributed by atoms with Gasteiger partial charge in [-0.15, -0.1) is 0 Å². The molecule has 0 unspecified atom stereocenters. The molecule has 0 saturated carbocycles. The molecule has 0 spiro atoms. The lowest BCUT2D eigenvalue weighted by atomic mass is 10.3. The van der Waals surface area contributed by atoms with Crippen LogP contribution in [0.4, 0.5) is 0 Å². The van der Waals surface area contributed by atoms with Crippen LogP contribution in [0.1, 0.15) is 5.82 Å². The fraction of sp³-hybridized carbons (Fsp3) is 0.125. The van der Waals surface area contributed by atoms with Gasteiger partial charge in [0.05, 0.1) is 17.6 Å². The van der Waals surface area contributed by atoms with Crippen LogP contribution in [0.3, 0.4) is 0 Å². The Bertz CT molecular complexity index is 424. The summed E-state index contributed by atoms with van der Waals surface area (Å²) in [4.78, 5) is 9.89. The Morgan fingerprint density at radius 1 is 1.46 bits per heavy atom. The Morgan fingerprint density at radius 2 is 2.31 bits per heavy atom. The smallest absolute Gasteiger partial charge is 0.122 e. The number of hydrogen-bond donors (Lipinski definition) is 2. The molecule has 3 nitrogen and oxygen atoms in total. The van der Waals surface area contributed by atoms with Gasteiger partial charge in [-0.1, -0.05) is 11.6 Å². The normalized spacial score (nSPS) is 10.9. The summed E-state index contributed by atoms with van der Waals surface area (Å²) >= 11 is 11.2. The highest BCUT2D eigenvalue weighted by atomic mass is 35.5. The van der Waals surface area contributed by atoms with Gasteiger partial charge in [0.1, 0.15) is 5.82 Å². The quantitative estimate of drug-likeness (QED) is 0.757. The number of aromatic amines is 1. The highest BCUT2D eigenvalue weighted by Gasteiger charge is 2.01. The zero-order valence-corrected chi connectivity index (χ0v) is 8.15. The first-order chi connectivity index (χ1) is 6.29. The van der Waals surface area contributed by atoms with Gasteiger partial charge >= 0.3 is 0 Å². The van der Waals surface area contributed by atoms with E-state index in [1.807, 2.05) is 18.2 Å². The molecule has 2 N–H and O–H groups in total. The zero-order chi connectivity index (χ0) is 9.26. The number of benzene rings is 1. The highest BCUT2D eigenvalue weighted by Crippen LogP contribution is 2.16. The molecule has 1 heterocycles. The first-order valence-corrected chi connectivity index (χ1v) is 4.53. The van der Waals surface area contributed by atoms with Crippen LogP contribution in [0.5, 0.6) is 0 Å². The van der Waals surface area contributed by atoms with E-state index in [-0.39, 0.29) is 0 Å². The lowest BCUT2D eigenvalue weighted by Gasteiger charge is -1.87. The molecule has 1 aromatic heterocycles. The van der Waals surface area contributed by atoms with Crippen LogP contribution in [0.15, 0.2) is 18.2 Å². The van der Waals surface area contributed by atoms with Crippen molar-refractivity contribution in [3.63, 3.8) is 0 Å². The summed E-state index contributed by atoms with van der Waals surface area (Å²) in [6.45, 7) is 0.508. The van der Waals surface area contributed by atoms with Crippen LogP contribution in [-0.2, 0) is 6.54 Å². The van der Waals surface area contributed by atoms with E-state index in [0.29, 0.717) is 11.6 Å². The molecule has 0 aliphatic rings. The van der Waals surface area contributed by atoms with Crippen molar-refractivity contribution in [3.05, 3.63) is 29.0 Å². The average Bonchev–Trinajstić information content (AvgIpc) is 2.46. The summed E-state index contributed by atoms with van der Waals surface area (Å²) in [7, 11) is 0. The minimum atomic E-state index is 0.508. The predicted molar refractivity (Wildman–Crippen MR) is 53.8 cm³/mol. The molecule has 13 heavy (non-hydrogen) atoms. The van der Waals surface area contributed by atoms with E-state index in [2.05, 4.69) is 14.8 Å². The first-order valence-electron chi connectivity index (χ1n) is 3.77. The number of aromatic nitrogens is 2. The van der Waals surface area contributed by atoms with E-state index in [1.165, 1.54) is 0 Å². The molecule has 0 saturated heterocycles. The topological polar surface area (TPSA) is 40.7 Å². The molecule has 0 bridgehead atoms. The van der Waals surface area contributed by atoms with Crippen molar-refractivity contribution in [2.24, 2.45) is 0 Å². The second-order valence-electron chi connectivity index (χ2n) is 2.66. The number of halogens is 2. The summed E-state index contributed by atoms with van der Waals surface area (Å²) in [6, 6.07) is 5.52. The molecule has 1 aromatic carbocycles. The minimum Gasteiger partial charge on any atom is -0.341 e. The van der Waals surface area contributed by atoms with Crippen LogP contribution in [0.2, 0.25) is 5.02 Å². The van der Waals surface area contributed by atoms with Gasteiger partial charge in [0.2, 0.25) is 0 Å². The van der Waals surface area contributed by atoms with Gasteiger partial charge in [0, 0.05) is 5.02 Å². The number of nitrogens with one attached hydrogen (secondary N) is 2. The van der Waals surface area contributed by atoms with E-state index in [4.69, 9.17) is 23.4 Å². The van der Waals surface area contributed by atoms with Crippen LogP contribution in [0, 0.1) is 0 Å². The average molecular weight is 216 g/mol. The summed E-state index contributed by atoms with van der Waals surface area (Å²) < 4.78 is 0. The van der Waals surface area contributed by atoms with Crippen LogP contribution >= 0.6 is 23.4 Å². The maximum atomic E-state index is 5.81. The van der Waals surface area contributed by atoms with Crippen LogP contribution < -0.4 is 4.84 Å². The number of H-pyrrole nitrogens is 1. The number of fused-ring (bicyclic) bond motifs is 1. The molecule has 2 aromatic rings. The van der Waals surface area contributed by atoms with Gasteiger partial charge in [0.15, 0.2) is 0 Å². The molecule has 0 aliphatic carbocycles. The Morgan fingerprint density at radius 3 is 3.08 bits per heavy atom. The Hall–Kier alpha value is -0.770. The predicted octanol–water partition coefficient (Wildman–Crippen LogP) is 2.46. The number of imidazole rings is 1. The molecule has 0 amide bonds. The van der Waals surface area contributed by atoms with Crippen molar-refractivity contribution in [1.29, 1.82) is 0 Å². The maximum Gasteiger partial charge on any atom is 0.122 e. The van der Waals surface area contributed by atoms with E-state index in [0.717, 1.165) is 16.9 Å². The SMILES string of the molecule is ClNCc1nc2cc(Cl)ccc2[nH]1. The van der Waals surface area contributed by atoms with Gasteiger partial charge in [-0.2, -0.15) is 0 Å². The van der Waals surface area contributed by atoms with E-state index in [1.54, 1.807) is 0 Å². The highest BCUT2D eigenvalue weighted by molar-refractivity contribution is 6.31. The second-order valence-corrected chi connectivity index (χ2v) is 3.36. The summed E-state index contributed by atoms with van der Waals surface area (Å²) in [5, 5.41) is 0.685. The van der Waals surface area contributed by atoms with Gasteiger partial charge in [-0.05, 0) is 30.0 Å². The molecule has 5 heteroatoms. The zero-order valence-electron chi connectivity index (χ0n) is 6.64. The van der Waals surface area contributed by atoms with E-state index >= 15 is 0 Å². The monoisotopic (exact) mass is 215 g/mol. The first kappa shape index (κ1) is 8.81. The van der Waals surface area contributed by atoms with Gasteiger partial charge in [0.25, 0.3) is 0 Å². The minimum absolute atomic E-state index is 0.508. The van der Waals surface area contributed by atoms with Gasteiger partial charge in [-0.3, -0.25) is 0 Å². The van der Waals surface area contributed by atoms with Crippen LogP contribution in [0.25, 0.3) is 11.0 Å². The number of rotatable bonds is 2. The van der Waals surface area contributed by atoms with Crippen molar-refractivity contribution in [3.8, 4) is 0 Å².